The number of carbonyl (C=O) groups excluding carboxylic acids is 1. The second kappa shape index (κ2) is 2.56. The number of carboxylic acids is 1. The van der Waals surface area contributed by atoms with Crippen molar-refractivity contribution in [3.05, 3.63) is 12.2 Å². The van der Waals surface area contributed by atoms with Gasteiger partial charge in [0.25, 0.3) is 0 Å². The van der Waals surface area contributed by atoms with Gasteiger partial charge in [0.15, 0.2) is 0 Å². The molecule has 13 heavy (non-hydrogen) atoms. The largest absolute Gasteiger partial charge is 0.481 e. The zero-order valence-corrected chi connectivity index (χ0v) is 6.71. The highest BCUT2D eigenvalue weighted by atomic mass is 16.5. The Morgan fingerprint density at radius 2 is 1.77 bits per heavy atom. The summed E-state index contributed by atoms with van der Waals surface area (Å²) in [5.74, 6) is -3.16. The highest BCUT2D eigenvalue weighted by Gasteiger charge is 2.52. The summed E-state index contributed by atoms with van der Waals surface area (Å²) in [7, 11) is 0. The van der Waals surface area contributed by atoms with E-state index in [0.717, 1.165) is 0 Å². The topological polar surface area (TPSA) is 89.6 Å². The summed E-state index contributed by atoms with van der Waals surface area (Å²) in [4.78, 5) is 21.7. The van der Waals surface area contributed by atoms with Gasteiger partial charge >= 0.3 is 5.97 Å². The molecular weight excluding hydrogens is 174 g/mol. The predicted octanol–water partition coefficient (Wildman–Crippen LogP) is -0.874. The van der Waals surface area contributed by atoms with E-state index in [1.807, 2.05) is 0 Å². The zero-order valence-electron chi connectivity index (χ0n) is 6.71. The summed E-state index contributed by atoms with van der Waals surface area (Å²) in [6, 6.07) is 0. The van der Waals surface area contributed by atoms with Crippen LogP contribution in [0, 0.1) is 11.8 Å². The Balaban J connectivity index is 2.30. The van der Waals surface area contributed by atoms with E-state index >= 15 is 0 Å². The fraction of sp³-hybridized carbons (Fsp3) is 0.500. The molecule has 0 radical (unpaired) electrons. The molecule has 1 amide bonds. The van der Waals surface area contributed by atoms with Gasteiger partial charge in [-0.3, -0.25) is 9.59 Å². The summed E-state index contributed by atoms with van der Waals surface area (Å²) < 4.78 is 5.23. The summed E-state index contributed by atoms with van der Waals surface area (Å²) in [6.07, 6.45) is 2.44. The van der Waals surface area contributed by atoms with Gasteiger partial charge in [-0.15, -0.1) is 0 Å². The number of hydrogen-bond donors (Lipinski definition) is 2. The van der Waals surface area contributed by atoms with Gasteiger partial charge in [-0.25, -0.2) is 0 Å². The fourth-order valence-corrected chi connectivity index (χ4v) is 1.94. The van der Waals surface area contributed by atoms with Gasteiger partial charge in [0, 0.05) is 0 Å². The molecule has 2 aliphatic rings. The van der Waals surface area contributed by atoms with E-state index in [-0.39, 0.29) is 0 Å². The van der Waals surface area contributed by atoms with Gasteiger partial charge in [-0.1, -0.05) is 12.2 Å². The maximum absolute atomic E-state index is 11.0. The van der Waals surface area contributed by atoms with Crippen molar-refractivity contribution >= 4 is 11.9 Å². The van der Waals surface area contributed by atoms with Crippen LogP contribution in [-0.4, -0.2) is 29.2 Å². The molecule has 2 bridgehead atoms. The highest BCUT2D eigenvalue weighted by molar-refractivity contribution is 5.86. The molecule has 2 heterocycles. The van der Waals surface area contributed by atoms with Gasteiger partial charge in [0.2, 0.25) is 5.91 Å². The Morgan fingerprint density at radius 1 is 1.23 bits per heavy atom. The number of carbonyl (C=O) groups is 2. The van der Waals surface area contributed by atoms with Crippen LogP contribution >= 0.6 is 0 Å². The van der Waals surface area contributed by atoms with Crippen LogP contribution in [0.5, 0.6) is 0 Å². The maximum atomic E-state index is 11.0. The summed E-state index contributed by atoms with van der Waals surface area (Å²) in [5.41, 5.74) is 5.10. The molecule has 0 saturated carbocycles. The highest BCUT2D eigenvalue weighted by Crippen LogP contribution is 2.38. The third-order valence-corrected chi connectivity index (χ3v) is 2.51. The second-order valence-corrected chi connectivity index (χ2v) is 3.24. The van der Waals surface area contributed by atoms with Crippen molar-refractivity contribution in [3.63, 3.8) is 0 Å². The number of hydrogen-bond acceptors (Lipinski definition) is 3. The molecule has 2 rings (SSSR count). The zero-order chi connectivity index (χ0) is 9.59. The molecule has 0 unspecified atom stereocenters. The normalized spacial score (nSPS) is 40.9. The average Bonchev–Trinajstić information content (AvgIpc) is 2.60. The molecule has 4 atom stereocenters. The summed E-state index contributed by atoms with van der Waals surface area (Å²) >= 11 is 0. The number of nitrogens with two attached hydrogens (primary N) is 1. The van der Waals surface area contributed by atoms with Crippen LogP contribution < -0.4 is 5.73 Å². The molecule has 0 aromatic rings. The Hall–Kier alpha value is -1.36. The van der Waals surface area contributed by atoms with Gasteiger partial charge in [0.05, 0.1) is 18.1 Å². The lowest BCUT2D eigenvalue weighted by molar-refractivity contribution is -0.146. The molecule has 3 N–H and O–H groups in total. The molecule has 5 heteroatoms. The van der Waals surface area contributed by atoms with Gasteiger partial charge in [-0.2, -0.15) is 0 Å². The van der Waals surface area contributed by atoms with Gasteiger partial charge < -0.3 is 15.6 Å². The SMILES string of the molecule is NC(=O)[C@H]1[C@@H](C(=O)O)[C@H]2C=C[C@H]1O2. The van der Waals surface area contributed by atoms with Gasteiger partial charge in [0.1, 0.15) is 5.92 Å². The van der Waals surface area contributed by atoms with E-state index in [0.29, 0.717) is 0 Å². The summed E-state index contributed by atoms with van der Waals surface area (Å²) in [5, 5.41) is 8.83. The van der Waals surface area contributed by atoms with Crippen molar-refractivity contribution in [1.82, 2.24) is 0 Å². The van der Waals surface area contributed by atoms with Crippen LogP contribution in [0.25, 0.3) is 0 Å². The van der Waals surface area contributed by atoms with Crippen LogP contribution in [0.1, 0.15) is 0 Å². The number of primary amides is 1. The number of carboxylic acid groups (broad SMARTS) is 1. The average molecular weight is 183 g/mol. The molecule has 0 aliphatic carbocycles. The lowest BCUT2D eigenvalue weighted by atomic mass is 9.83. The van der Waals surface area contributed by atoms with Crippen molar-refractivity contribution in [2.75, 3.05) is 0 Å². The van der Waals surface area contributed by atoms with E-state index in [9.17, 15) is 9.59 Å². The first-order valence-electron chi connectivity index (χ1n) is 3.97. The number of amides is 1. The standard InChI is InChI=1S/C8H9NO4/c9-7(10)5-3-1-2-4(13-3)6(5)8(11)12/h1-6H,(H2,9,10)(H,11,12)/t3-,4-,5-,6+/m1/s1. The molecular formula is C8H9NO4. The Bertz CT molecular complexity index is 271. The van der Waals surface area contributed by atoms with Crippen LogP contribution in [-0.2, 0) is 14.3 Å². The predicted molar refractivity (Wildman–Crippen MR) is 41.6 cm³/mol. The minimum atomic E-state index is -1.03. The molecule has 1 fully saturated rings. The number of fused-ring (bicyclic) bond motifs is 2. The number of rotatable bonds is 2. The molecule has 70 valence electrons. The molecule has 1 saturated heterocycles. The number of ether oxygens (including phenoxy) is 1. The van der Waals surface area contributed by atoms with Crippen LogP contribution in [0.2, 0.25) is 0 Å². The third-order valence-electron chi connectivity index (χ3n) is 2.51. The molecule has 0 aromatic heterocycles. The van der Waals surface area contributed by atoms with E-state index in [1.165, 1.54) is 0 Å². The van der Waals surface area contributed by atoms with Crippen LogP contribution in [0.3, 0.4) is 0 Å². The van der Waals surface area contributed by atoms with Crippen molar-refractivity contribution in [2.45, 2.75) is 12.2 Å². The van der Waals surface area contributed by atoms with Crippen molar-refractivity contribution in [1.29, 1.82) is 0 Å². The lowest BCUT2D eigenvalue weighted by Crippen LogP contribution is -2.39. The van der Waals surface area contributed by atoms with Gasteiger partial charge in [-0.05, 0) is 0 Å². The van der Waals surface area contributed by atoms with E-state index < -0.39 is 35.9 Å². The first-order chi connectivity index (χ1) is 6.11. The van der Waals surface area contributed by atoms with Crippen LogP contribution in [0.15, 0.2) is 12.2 Å². The molecule has 0 aromatic carbocycles. The minimum Gasteiger partial charge on any atom is -0.481 e. The van der Waals surface area contributed by atoms with E-state index in [1.54, 1.807) is 12.2 Å². The maximum Gasteiger partial charge on any atom is 0.310 e. The van der Waals surface area contributed by atoms with Crippen molar-refractivity contribution < 1.29 is 19.4 Å². The summed E-state index contributed by atoms with van der Waals surface area (Å²) in [6.45, 7) is 0. The monoisotopic (exact) mass is 183 g/mol. The molecule has 2 aliphatic heterocycles. The third kappa shape index (κ3) is 1.04. The Labute approximate surface area is 74.2 Å². The van der Waals surface area contributed by atoms with E-state index in [4.69, 9.17) is 15.6 Å². The van der Waals surface area contributed by atoms with Crippen molar-refractivity contribution in [3.8, 4) is 0 Å². The first kappa shape index (κ1) is 8.25. The Morgan fingerprint density at radius 3 is 2.15 bits per heavy atom. The fourth-order valence-electron chi connectivity index (χ4n) is 1.94. The number of aliphatic carboxylic acids is 1. The second-order valence-electron chi connectivity index (χ2n) is 3.24. The smallest absolute Gasteiger partial charge is 0.310 e. The van der Waals surface area contributed by atoms with E-state index in [2.05, 4.69) is 0 Å². The lowest BCUT2D eigenvalue weighted by Gasteiger charge is -2.17. The first-order valence-corrected chi connectivity index (χ1v) is 3.97. The minimum absolute atomic E-state index is 0.441. The van der Waals surface area contributed by atoms with Crippen molar-refractivity contribution in [2.24, 2.45) is 17.6 Å². The quantitative estimate of drug-likeness (QED) is 0.544. The molecule has 5 nitrogen and oxygen atoms in total. The Kier molecular flexibility index (Phi) is 1.63. The molecule has 0 spiro atoms. The van der Waals surface area contributed by atoms with Crippen LogP contribution in [0.4, 0.5) is 0 Å².